The Labute approximate surface area is 145 Å². The van der Waals surface area contributed by atoms with Crippen LogP contribution in [-0.2, 0) is 13.2 Å². The highest BCUT2D eigenvalue weighted by Gasteiger charge is 2.05. The molecule has 0 spiro atoms. The van der Waals surface area contributed by atoms with Gasteiger partial charge in [0, 0.05) is 17.8 Å². The molecule has 2 N–H and O–H groups in total. The maximum atomic E-state index is 13.6. The molecule has 0 aliphatic heterocycles. The van der Waals surface area contributed by atoms with Crippen LogP contribution in [0, 0.1) is 11.6 Å². The van der Waals surface area contributed by atoms with Gasteiger partial charge in [0.25, 0.3) is 0 Å². The summed E-state index contributed by atoms with van der Waals surface area (Å²) < 4.78 is 32.4. The molecule has 3 aromatic carbocycles. The van der Waals surface area contributed by atoms with E-state index in [-0.39, 0.29) is 12.2 Å². The van der Waals surface area contributed by atoms with Gasteiger partial charge >= 0.3 is 0 Å². The first-order valence-electron chi connectivity index (χ1n) is 7.90. The number of ether oxygens (including phenoxy) is 1. The molecule has 3 rings (SSSR count). The van der Waals surface area contributed by atoms with Crippen molar-refractivity contribution in [2.45, 2.75) is 13.2 Å². The monoisotopic (exact) mass is 340 g/mol. The molecular formula is C20H18F2N2O. The molecule has 0 bridgehead atoms. The first kappa shape index (κ1) is 16.9. The van der Waals surface area contributed by atoms with Crippen molar-refractivity contribution in [2.24, 2.45) is 0 Å². The van der Waals surface area contributed by atoms with E-state index >= 15 is 0 Å². The van der Waals surface area contributed by atoms with Crippen LogP contribution in [0.2, 0.25) is 0 Å². The van der Waals surface area contributed by atoms with Crippen LogP contribution in [0.5, 0.6) is 5.75 Å². The Bertz CT molecular complexity index is 825. The quantitative estimate of drug-likeness (QED) is 0.614. The summed E-state index contributed by atoms with van der Waals surface area (Å²) in [5.74, 6) is -0.362. The highest BCUT2D eigenvalue weighted by Crippen LogP contribution is 2.17. The van der Waals surface area contributed by atoms with E-state index < -0.39 is 11.6 Å². The predicted octanol–water partition coefficient (Wildman–Crippen LogP) is 4.66. The minimum Gasteiger partial charge on any atom is -0.489 e. The van der Waals surface area contributed by atoms with Gasteiger partial charge in [0.15, 0.2) is 0 Å². The Morgan fingerprint density at radius 1 is 0.840 bits per heavy atom. The molecule has 3 nitrogen and oxygen atoms in total. The van der Waals surface area contributed by atoms with Crippen LogP contribution in [0.1, 0.15) is 11.1 Å². The van der Waals surface area contributed by atoms with E-state index in [4.69, 9.17) is 4.74 Å². The maximum Gasteiger partial charge on any atom is 0.130 e. The standard InChI is InChI=1S/C20H18F2N2O/c21-17-9-10-20(22)16(12-17)14-25-19-8-4-5-15(11-19)13-23-24-18-6-2-1-3-7-18/h1-12,23-24H,13-14H2. The molecular weight excluding hydrogens is 322 g/mol. The topological polar surface area (TPSA) is 33.3 Å². The van der Waals surface area contributed by atoms with E-state index in [0.717, 1.165) is 29.4 Å². The number of hydrogen-bond donors (Lipinski definition) is 2. The van der Waals surface area contributed by atoms with Gasteiger partial charge in [-0.25, -0.2) is 14.2 Å². The average Bonchev–Trinajstić information content (AvgIpc) is 2.64. The number of hydrogen-bond acceptors (Lipinski definition) is 3. The zero-order valence-corrected chi connectivity index (χ0v) is 13.5. The van der Waals surface area contributed by atoms with Gasteiger partial charge in [-0.15, -0.1) is 0 Å². The molecule has 3 aromatic rings. The molecule has 0 unspecified atom stereocenters. The molecule has 0 aliphatic carbocycles. The number of hydrazine groups is 1. The zero-order valence-electron chi connectivity index (χ0n) is 13.5. The molecule has 0 amide bonds. The van der Waals surface area contributed by atoms with Crippen molar-refractivity contribution in [2.75, 3.05) is 5.43 Å². The fourth-order valence-corrected chi connectivity index (χ4v) is 2.33. The van der Waals surface area contributed by atoms with Gasteiger partial charge in [-0.1, -0.05) is 30.3 Å². The van der Waals surface area contributed by atoms with E-state index in [1.807, 2.05) is 48.5 Å². The lowest BCUT2D eigenvalue weighted by Gasteiger charge is -2.11. The third-order valence-electron chi connectivity index (χ3n) is 3.60. The number of anilines is 1. The summed E-state index contributed by atoms with van der Waals surface area (Å²) in [5, 5.41) is 0. The summed E-state index contributed by atoms with van der Waals surface area (Å²) >= 11 is 0. The lowest BCUT2D eigenvalue weighted by molar-refractivity contribution is 0.298. The molecule has 0 fully saturated rings. The van der Waals surface area contributed by atoms with Gasteiger partial charge in [0.1, 0.15) is 24.0 Å². The Morgan fingerprint density at radius 2 is 1.68 bits per heavy atom. The van der Waals surface area contributed by atoms with Gasteiger partial charge < -0.3 is 10.2 Å². The van der Waals surface area contributed by atoms with Crippen LogP contribution in [0.3, 0.4) is 0 Å². The molecule has 5 heteroatoms. The molecule has 128 valence electrons. The molecule has 25 heavy (non-hydrogen) atoms. The molecule has 0 heterocycles. The van der Waals surface area contributed by atoms with E-state index in [0.29, 0.717) is 12.3 Å². The smallest absolute Gasteiger partial charge is 0.130 e. The van der Waals surface area contributed by atoms with E-state index in [1.165, 1.54) is 0 Å². The van der Waals surface area contributed by atoms with Crippen molar-refractivity contribution in [1.82, 2.24) is 5.43 Å². The number of rotatable bonds is 7. The van der Waals surface area contributed by atoms with Crippen LogP contribution < -0.4 is 15.6 Å². The highest BCUT2D eigenvalue weighted by molar-refractivity contribution is 5.41. The van der Waals surface area contributed by atoms with E-state index in [2.05, 4.69) is 10.9 Å². The lowest BCUT2D eigenvalue weighted by atomic mass is 10.2. The third-order valence-corrected chi connectivity index (χ3v) is 3.60. The van der Waals surface area contributed by atoms with Crippen molar-refractivity contribution in [3.05, 3.63) is 95.6 Å². The number of halogens is 2. The van der Waals surface area contributed by atoms with E-state index in [9.17, 15) is 8.78 Å². The lowest BCUT2D eigenvalue weighted by Crippen LogP contribution is -2.20. The summed E-state index contributed by atoms with van der Waals surface area (Å²) in [7, 11) is 0. The second kappa shape index (κ2) is 8.26. The highest BCUT2D eigenvalue weighted by atomic mass is 19.1. The van der Waals surface area contributed by atoms with E-state index in [1.54, 1.807) is 6.07 Å². The Hall–Kier alpha value is -2.92. The van der Waals surface area contributed by atoms with Crippen molar-refractivity contribution < 1.29 is 13.5 Å². The number of benzene rings is 3. The molecule has 0 radical (unpaired) electrons. The zero-order chi connectivity index (χ0) is 17.5. The SMILES string of the molecule is Fc1ccc(F)c(COc2cccc(CNNc3ccccc3)c2)c1. The second-order valence-corrected chi connectivity index (χ2v) is 5.52. The summed E-state index contributed by atoms with van der Waals surface area (Å²) in [4.78, 5) is 0. The van der Waals surface area contributed by atoms with Crippen LogP contribution >= 0.6 is 0 Å². The summed E-state index contributed by atoms with van der Waals surface area (Å²) in [6, 6.07) is 20.6. The second-order valence-electron chi connectivity index (χ2n) is 5.52. The number of para-hydroxylation sites is 1. The van der Waals surface area contributed by atoms with Crippen LogP contribution in [0.25, 0.3) is 0 Å². The molecule has 0 saturated carbocycles. The minimum atomic E-state index is -0.482. The average molecular weight is 340 g/mol. The molecule has 0 atom stereocenters. The summed E-state index contributed by atoms with van der Waals surface area (Å²) in [5.41, 5.74) is 8.38. The van der Waals surface area contributed by atoms with Crippen molar-refractivity contribution >= 4 is 5.69 Å². The van der Waals surface area contributed by atoms with Gasteiger partial charge in [-0.05, 0) is 48.0 Å². The van der Waals surface area contributed by atoms with Crippen LogP contribution in [0.15, 0.2) is 72.8 Å². The first-order valence-corrected chi connectivity index (χ1v) is 7.90. The summed E-state index contributed by atoms with van der Waals surface area (Å²) in [6.07, 6.45) is 0. The Morgan fingerprint density at radius 3 is 2.52 bits per heavy atom. The van der Waals surface area contributed by atoms with Crippen molar-refractivity contribution in [3.8, 4) is 5.75 Å². The fourth-order valence-electron chi connectivity index (χ4n) is 2.33. The molecule has 0 aromatic heterocycles. The summed E-state index contributed by atoms with van der Waals surface area (Å²) in [6.45, 7) is 0.559. The Balaban J connectivity index is 1.55. The van der Waals surface area contributed by atoms with Gasteiger partial charge in [-0.3, -0.25) is 0 Å². The Kier molecular flexibility index (Phi) is 5.59. The molecule has 0 aliphatic rings. The fraction of sp³-hybridized carbons (Fsp3) is 0.100. The van der Waals surface area contributed by atoms with Gasteiger partial charge in [0.2, 0.25) is 0 Å². The first-order chi connectivity index (χ1) is 12.2. The van der Waals surface area contributed by atoms with Crippen molar-refractivity contribution in [1.29, 1.82) is 0 Å². The minimum absolute atomic E-state index is 0.0251. The number of nitrogens with one attached hydrogen (secondary N) is 2. The third kappa shape index (κ3) is 5.02. The van der Waals surface area contributed by atoms with Gasteiger partial charge in [0.05, 0.1) is 0 Å². The normalized spacial score (nSPS) is 10.5. The van der Waals surface area contributed by atoms with Crippen molar-refractivity contribution in [3.63, 3.8) is 0 Å². The predicted molar refractivity (Wildman–Crippen MR) is 94.0 cm³/mol. The van der Waals surface area contributed by atoms with Crippen LogP contribution in [0.4, 0.5) is 14.5 Å². The van der Waals surface area contributed by atoms with Crippen LogP contribution in [-0.4, -0.2) is 0 Å². The molecule has 0 saturated heterocycles. The largest absolute Gasteiger partial charge is 0.489 e. The van der Waals surface area contributed by atoms with Gasteiger partial charge in [-0.2, -0.15) is 0 Å². The maximum absolute atomic E-state index is 13.6.